The highest BCUT2D eigenvalue weighted by molar-refractivity contribution is 5.71. The van der Waals surface area contributed by atoms with Crippen LogP contribution in [0.2, 0.25) is 0 Å². The molecule has 8 nitrogen and oxygen atoms in total. The van der Waals surface area contributed by atoms with E-state index in [-0.39, 0.29) is 36.1 Å². The summed E-state index contributed by atoms with van der Waals surface area (Å²) in [6.07, 6.45) is -0.251. The summed E-state index contributed by atoms with van der Waals surface area (Å²) in [6.45, 7) is 2.76. The van der Waals surface area contributed by atoms with Gasteiger partial charge in [0.15, 0.2) is 23.9 Å². The summed E-state index contributed by atoms with van der Waals surface area (Å²) in [4.78, 5) is 33.0. The molecular formula is C11H10O8. The first kappa shape index (κ1) is 12.9. The molecule has 0 fully saturated rings. The van der Waals surface area contributed by atoms with Crippen molar-refractivity contribution in [3.05, 3.63) is 44.3 Å². The summed E-state index contributed by atoms with van der Waals surface area (Å²) in [7, 11) is 0. The van der Waals surface area contributed by atoms with Gasteiger partial charge in [0.05, 0.1) is 0 Å². The summed E-state index contributed by atoms with van der Waals surface area (Å²) in [5.41, 5.74) is 0. The van der Waals surface area contributed by atoms with Gasteiger partial charge in [0.1, 0.15) is 12.2 Å². The fraction of sp³-hybridized carbons (Fsp3) is 0.364. The van der Waals surface area contributed by atoms with Gasteiger partial charge in [0, 0.05) is 0 Å². The van der Waals surface area contributed by atoms with Crippen LogP contribution in [0.15, 0.2) is 27.3 Å². The van der Waals surface area contributed by atoms with Gasteiger partial charge >= 0.3 is 17.6 Å². The van der Waals surface area contributed by atoms with Crippen LogP contribution in [0, 0.1) is 13.8 Å². The van der Waals surface area contributed by atoms with Gasteiger partial charge in [0.25, 0.3) is 0 Å². The maximum absolute atomic E-state index is 11.5. The Morgan fingerprint density at radius 1 is 0.947 bits per heavy atom. The van der Waals surface area contributed by atoms with E-state index in [1.54, 1.807) is 0 Å². The highest BCUT2D eigenvalue weighted by Gasteiger charge is 2.16. The molecule has 0 aliphatic rings. The van der Waals surface area contributed by atoms with Crippen molar-refractivity contribution in [3.63, 3.8) is 0 Å². The Morgan fingerprint density at radius 2 is 1.47 bits per heavy atom. The van der Waals surface area contributed by atoms with E-state index in [9.17, 15) is 14.4 Å². The molecular weight excluding hydrogens is 260 g/mol. The van der Waals surface area contributed by atoms with Crippen molar-refractivity contribution < 1.29 is 27.2 Å². The lowest BCUT2D eigenvalue weighted by Crippen LogP contribution is -2.08. The maximum Gasteiger partial charge on any atom is 0.519 e. The Hall–Kier alpha value is -2.51. The summed E-state index contributed by atoms with van der Waals surface area (Å²) in [5.74, 6) is -1.71. The topological polar surface area (TPSA) is 113 Å². The van der Waals surface area contributed by atoms with Crippen LogP contribution in [-0.4, -0.2) is 5.97 Å². The van der Waals surface area contributed by atoms with E-state index in [0.717, 1.165) is 0 Å². The Labute approximate surface area is 105 Å². The molecule has 0 amide bonds. The zero-order valence-electron chi connectivity index (χ0n) is 10.2. The molecule has 2 rings (SSSR count). The summed E-state index contributed by atoms with van der Waals surface area (Å²) in [6, 6.07) is 0. The Kier molecular flexibility index (Phi) is 3.41. The van der Waals surface area contributed by atoms with Crippen LogP contribution in [0.3, 0.4) is 0 Å². The van der Waals surface area contributed by atoms with Crippen molar-refractivity contribution in [1.29, 1.82) is 0 Å². The minimum atomic E-state index is -0.878. The summed E-state index contributed by atoms with van der Waals surface area (Å²) in [5, 5.41) is 0. The van der Waals surface area contributed by atoms with Crippen molar-refractivity contribution in [3.8, 4) is 0 Å². The smallest absolute Gasteiger partial charge is 0.457 e. The maximum atomic E-state index is 11.5. The predicted octanol–water partition coefficient (Wildman–Crippen LogP) is 0.682. The number of hydrogen-bond acceptors (Lipinski definition) is 8. The van der Waals surface area contributed by atoms with E-state index in [1.807, 2.05) is 0 Å². The molecule has 0 spiro atoms. The first-order valence-corrected chi connectivity index (χ1v) is 5.30. The second-order valence-electron chi connectivity index (χ2n) is 3.70. The van der Waals surface area contributed by atoms with E-state index < -0.39 is 17.6 Å². The molecule has 102 valence electrons. The number of rotatable bonds is 4. The fourth-order valence-electron chi connectivity index (χ4n) is 1.37. The lowest BCUT2D eigenvalue weighted by molar-refractivity contribution is -0.145. The van der Waals surface area contributed by atoms with Crippen LogP contribution in [0.4, 0.5) is 0 Å². The van der Waals surface area contributed by atoms with Crippen LogP contribution < -0.4 is 11.6 Å². The lowest BCUT2D eigenvalue weighted by Gasteiger charge is -2.00. The van der Waals surface area contributed by atoms with Gasteiger partial charge in [-0.3, -0.25) is 4.79 Å². The largest absolute Gasteiger partial charge is 0.519 e. The molecule has 0 unspecified atom stereocenters. The standard InChI is InChI=1S/C11H10O8/c1-5-7(18-10(13)16-5)3-9(12)15-4-8-6(2)17-11(14)19-8/h3-4H2,1-2H3. The molecule has 2 aromatic heterocycles. The van der Waals surface area contributed by atoms with Crippen LogP contribution in [0.25, 0.3) is 0 Å². The average molecular weight is 270 g/mol. The van der Waals surface area contributed by atoms with E-state index >= 15 is 0 Å². The highest BCUT2D eigenvalue weighted by Crippen LogP contribution is 2.09. The predicted molar refractivity (Wildman–Crippen MR) is 57.5 cm³/mol. The number of carbonyl (C=O) groups is 1. The number of esters is 1. The molecule has 19 heavy (non-hydrogen) atoms. The normalized spacial score (nSPS) is 10.6. The van der Waals surface area contributed by atoms with Gasteiger partial charge in [-0.05, 0) is 13.8 Å². The van der Waals surface area contributed by atoms with E-state index in [2.05, 4.69) is 17.7 Å². The molecule has 0 atom stereocenters. The molecule has 2 heterocycles. The average Bonchev–Trinajstić information content (AvgIpc) is 2.79. The monoisotopic (exact) mass is 270 g/mol. The third kappa shape index (κ3) is 3.03. The minimum Gasteiger partial charge on any atom is -0.457 e. The van der Waals surface area contributed by atoms with Crippen molar-refractivity contribution >= 4 is 5.97 Å². The summed E-state index contributed by atoms with van der Waals surface area (Å²) >= 11 is 0. The van der Waals surface area contributed by atoms with E-state index in [1.165, 1.54) is 13.8 Å². The molecule has 0 N–H and O–H groups in total. The number of hydrogen-bond donors (Lipinski definition) is 0. The quantitative estimate of drug-likeness (QED) is 0.745. The van der Waals surface area contributed by atoms with Crippen molar-refractivity contribution in [2.45, 2.75) is 26.9 Å². The molecule has 0 aliphatic heterocycles. The van der Waals surface area contributed by atoms with Crippen molar-refractivity contribution in [1.82, 2.24) is 0 Å². The van der Waals surface area contributed by atoms with E-state index in [4.69, 9.17) is 4.74 Å². The van der Waals surface area contributed by atoms with Gasteiger partial charge < -0.3 is 22.4 Å². The molecule has 0 saturated heterocycles. The molecule has 0 saturated carbocycles. The number of carbonyl (C=O) groups excluding carboxylic acids is 1. The van der Waals surface area contributed by atoms with Crippen LogP contribution >= 0.6 is 0 Å². The van der Waals surface area contributed by atoms with Crippen molar-refractivity contribution in [2.75, 3.05) is 0 Å². The van der Waals surface area contributed by atoms with Crippen LogP contribution in [-0.2, 0) is 22.6 Å². The molecule has 8 heteroatoms. The van der Waals surface area contributed by atoms with Crippen LogP contribution in [0.1, 0.15) is 23.0 Å². The van der Waals surface area contributed by atoms with Gasteiger partial charge in [-0.2, -0.15) is 0 Å². The Bertz CT molecular complexity index is 695. The van der Waals surface area contributed by atoms with E-state index in [0.29, 0.717) is 0 Å². The highest BCUT2D eigenvalue weighted by atomic mass is 16.6. The Balaban J connectivity index is 1.95. The SMILES string of the molecule is Cc1oc(=O)oc1COC(=O)Cc1oc(=O)oc1C. The third-order valence-corrected chi connectivity index (χ3v) is 2.34. The molecule has 0 radical (unpaired) electrons. The molecule has 0 aliphatic carbocycles. The number of ether oxygens (including phenoxy) is 1. The third-order valence-electron chi connectivity index (χ3n) is 2.34. The van der Waals surface area contributed by atoms with Crippen molar-refractivity contribution in [2.24, 2.45) is 0 Å². The van der Waals surface area contributed by atoms with Gasteiger partial charge in [-0.25, -0.2) is 9.59 Å². The first-order chi connectivity index (χ1) is 8.95. The van der Waals surface area contributed by atoms with Gasteiger partial charge in [-0.15, -0.1) is 0 Å². The molecule has 0 bridgehead atoms. The zero-order chi connectivity index (χ0) is 14.0. The molecule has 0 aromatic carbocycles. The number of aryl methyl sites for hydroxylation is 2. The fourth-order valence-corrected chi connectivity index (χ4v) is 1.37. The van der Waals surface area contributed by atoms with Crippen LogP contribution in [0.5, 0.6) is 0 Å². The molecule has 2 aromatic rings. The van der Waals surface area contributed by atoms with Gasteiger partial charge in [0.2, 0.25) is 0 Å². The minimum absolute atomic E-state index is 0.0976. The first-order valence-electron chi connectivity index (χ1n) is 5.30. The lowest BCUT2D eigenvalue weighted by atomic mass is 10.3. The second kappa shape index (κ2) is 5.01. The Morgan fingerprint density at radius 3 is 1.95 bits per heavy atom. The summed E-state index contributed by atoms with van der Waals surface area (Å²) < 4.78 is 23.4. The second-order valence-corrected chi connectivity index (χ2v) is 3.70. The van der Waals surface area contributed by atoms with Gasteiger partial charge in [-0.1, -0.05) is 0 Å². The zero-order valence-corrected chi connectivity index (χ0v) is 10.2.